The van der Waals surface area contributed by atoms with E-state index in [0.717, 1.165) is 16.8 Å². The van der Waals surface area contributed by atoms with Crippen LogP contribution in [0.3, 0.4) is 0 Å². The maximum absolute atomic E-state index is 11.6. The molecule has 0 aliphatic rings. The number of anilines is 2. The van der Waals surface area contributed by atoms with Crippen molar-refractivity contribution < 1.29 is 13.2 Å². The highest BCUT2D eigenvalue weighted by Crippen LogP contribution is 2.21. The lowest BCUT2D eigenvalue weighted by Crippen LogP contribution is -2.02. The van der Waals surface area contributed by atoms with Gasteiger partial charge in [-0.3, -0.25) is 0 Å². The molecule has 0 unspecified atom stereocenters. The summed E-state index contributed by atoms with van der Waals surface area (Å²) in [5.74, 6) is 1.14. The average Bonchev–Trinajstić information content (AvgIpc) is 3.11. The van der Waals surface area contributed by atoms with Crippen molar-refractivity contribution in [1.82, 2.24) is 19.7 Å². The van der Waals surface area contributed by atoms with Gasteiger partial charge in [0.25, 0.3) is 0 Å². The summed E-state index contributed by atoms with van der Waals surface area (Å²) >= 11 is 0. The third kappa shape index (κ3) is 3.52. The Morgan fingerprint density at radius 2 is 1.71 bits per heavy atom. The maximum Gasteiger partial charge on any atom is 0.229 e. The van der Waals surface area contributed by atoms with Crippen molar-refractivity contribution in [2.75, 3.05) is 18.7 Å². The van der Waals surface area contributed by atoms with Gasteiger partial charge in [-0.15, -0.1) is 0 Å². The minimum atomic E-state index is -3.23. The molecule has 0 bridgehead atoms. The molecule has 0 saturated heterocycles. The molecule has 9 heteroatoms. The number of sulfone groups is 1. The van der Waals surface area contributed by atoms with Crippen LogP contribution in [0.2, 0.25) is 0 Å². The van der Waals surface area contributed by atoms with Crippen molar-refractivity contribution in [2.24, 2.45) is 0 Å². The van der Waals surface area contributed by atoms with Crippen molar-refractivity contribution in [2.45, 2.75) is 4.90 Å². The zero-order chi connectivity index (χ0) is 19.7. The molecule has 2 aromatic heterocycles. The van der Waals surface area contributed by atoms with Gasteiger partial charge in [-0.1, -0.05) is 0 Å². The van der Waals surface area contributed by atoms with Crippen LogP contribution in [-0.2, 0) is 9.84 Å². The summed E-state index contributed by atoms with van der Waals surface area (Å²) in [6.45, 7) is 0. The highest BCUT2D eigenvalue weighted by molar-refractivity contribution is 7.90. The summed E-state index contributed by atoms with van der Waals surface area (Å²) in [7, 11) is -1.62. The number of hydrogen-bond donors (Lipinski definition) is 1. The second-order valence-corrected chi connectivity index (χ2v) is 8.16. The first kappa shape index (κ1) is 17.9. The number of nitrogens with zero attached hydrogens (tertiary/aromatic N) is 4. The summed E-state index contributed by atoms with van der Waals surface area (Å²) in [5.41, 5.74) is 2.18. The van der Waals surface area contributed by atoms with Crippen LogP contribution in [0.4, 0.5) is 11.6 Å². The molecule has 2 aromatic carbocycles. The molecule has 0 atom stereocenters. The molecule has 0 saturated carbocycles. The largest absolute Gasteiger partial charge is 0.497 e. The van der Waals surface area contributed by atoms with E-state index >= 15 is 0 Å². The second-order valence-electron chi connectivity index (χ2n) is 6.15. The van der Waals surface area contributed by atoms with E-state index in [1.807, 2.05) is 24.3 Å². The minimum absolute atomic E-state index is 0.256. The number of ether oxygens (including phenoxy) is 1. The van der Waals surface area contributed by atoms with Crippen LogP contribution < -0.4 is 10.1 Å². The lowest BCUT2D eigenvalue weighted by atomic mass is 10.3. The summed E-state index contributed by atoms with van der Waals surface area (Å²) in [6.07, 6.45) is 4.56. The van der Waals surface area contributed by atoms with Crippen molar-refractivity contribution in [1.29, 1.82) is 0 Å². The van der Waals surface area contributed by atoms with Crippen LogP contribution in [-0.4, -0.2) is 41.5 Å². The van der Waals surface area contributed by atoms with Crippen LogP contribution >= 0.6 is 0 Å². The molecule has 0 aliphatic carbocycles. The molecule has 4 aromatic rings. The molecule has 28 heavy (non-hydrogen) atoms. The Bertz CT molecular complexity index is 1230. The number of benzene rings is 2. The van der Waals surface area contributed by atoms with Gasteiger partial charge < -0.3 is 10.1 Å². The van der Waals surface area contributed by atoms with E-state index in [4.69, 9.17) is 4.74 Å². The molecule has 4 rings (SSSR count). The van der Waals surface area contributed by atoms with E-state index in [-0.39, 0.29) is 4.90 Å². The molecule has 0 amide bonds. The fraction of sp³-hybridized carbons (Fsp3) is 0.105. The van der Waals surface area contributed by atoms with Crippen LogP contribution in [0, 0.1) is 0 Å². The van der Waals surface area contributed by atoms with Crippen LogP contribution in [0.15, 0.2) is 65.8 Å². The fourth-order valence-corrected chi connectivity index (χ4v) is 3.34. The molecule has 0 fully saturated rings. The summed E-state index contributed by atoms with van der Waals surface area (Å²) in [6, 6.07) is 13.9. The third-order valence-corrected chi connectivity index (χ3v) is 5.29. The molecule has 0 spiro atoms. The summed E-state index contributed by atoms with van der Waals surface area (Å²) < 4.78 is 30.0. The number of fused-ring (bicyclic) bond motifs is 1. The summed E-state index contributed by atoms with van der Waals surface area (Å²) in [5, 5.41) is 8.27. The van der Waals surface area contributed by atoms with Crippen LogP contribution in [0.25, 0.3) is 16.7 Å². The monoisotopic (exact) mass is 395 g/mol. The van der Waals surface area contributed by atoms with Gasteiger partial charge in [0, 0.05) is 18.1 Å². The Balaban J connectivity index is 1.65. The van der Waals surface area contributed by atoms with E-state index in [1.165, 1.54) is 18.4 Å². The smallest absolute Gasteiger partial charge is 0.229 e. The van der Waals surface area contributed by atoms with Gasteiger partial charge in [-0.2, -0.15) is 10.1 Å². The Kier molecular flexibility index (Phi) is 4.44. The van der Waals surface area contributed by atoms with Gasteiger partial charge in [0.2, 0.25) is 5.95 Å². The Labute approximate surface area is 161 Å². The minimum Gasteiger partial charge on any atom is -0.497 e. The SMILES string of the molecule is COc1ccc(-n2ncc3cnc(Nc4ccc(S(C)(=O)=O)cc4)nc32)cc1. The van der Waals surface area contributed by atoms with Crippen molar-refractivity contribution in [3.8, 4) is 11.4 Å². The zero-order valence-electron chi connectivity index (χ0n) is 15.2. The molecule has 8 nitrogen and oxygen atoms in total. The predicted octanol–water partition coefficient (Wildman–Crippen LogP) is 2.97. The lowest BCUT2D eigenvalue weighted by molar-refractivity contribution is 0.414. The number of rotatable bonds is 5. The van der Waals surface area contributed by atoms with Gasteiger partial charge in [0.1, 0.15) is 5.75 Å². The van der Waals surface area contributed by atoms with E-state index in [9.17, 15) is 8.42 Å². The highest BCUT2D eigenvalue weighted by atomic mass is 32.2. The van der Waals surface area contributed by atoms with Gasteiger partial charge in [0.15, 0.2) is 15.5 Å². The standard InChI is InChI=1S/C19H17N5O3S/c1-27-16-7-5-15(6-8-16)24-18-13(12-21-24)11-20-19(23-18)22-14-3-9-17(10-4-14)28(2,25)26/h3-12H,1-2H3,(H,20,22,23). The lowest BCUT2D eigenvalue weighted by Gasteiger charge is -2.07. The topological polar surface area (TPSA) is 99.0 Å². The maximum atomic E-state index is 11.6. The number of hydrogen-bond acceptors (Lipinski definition) is 7. The molecular weight excluding hydrogens is 378 g/mol. The fourth-order valence-electron chi connectivity index (χ4n) is 2.70. The number of aromatic nitrogens is 4. The first-order valence-corrected chi connectivity index (χ1v) is 10.3. The quantitative estimate of drug-likeness (QED) is 0.554. The Morgan fingerprint density at radius 1 is 1.00 bits per heavy atom. The Morgan fingerprint density at radius 3 is 2.36 bits per heavy atom. The number of nitrogens with one attached hydrogen (secondary N) is 1. The third-order valence-electron chi connectivity index (χ3n) is 4.16. The first-order valence-electron chi connectivity index (χ1n) is 8.36. The van der Waals surface area contributed by atoms with E-state index in [2.05, 4.69) is 20.4 Å². The number of methoxy groups -OCH3 is 1. The average molecular weight is 395 g/mol. The molecule has 0 aliphatic heterocycles. The Hall–Kier alpha value is -3.46. The van der Waals surface area contributed by atoms with Gasteiger partial charge in [0.05, 0.1) is 29.3 Å². The van der Waals surface area contributed by atoms with E-state index in [1.54, 1.807) is 36.3 Å². The normalized spacial score (nSPS) is 11.5. The zero-order valence-corrected chi connectivity index (χ0v) is 16.0. The van der Waals surface area contributed by atoms with Gasteiger partial charge >= 0.3 is 0 Å². The first-order chi connectivity index (χ1) is 13.4. The predicted molar refractivity (Wildman–Crippen MR) is 106 cm³/mol. The summed E-state index contributed by atoms with van der Waals surface area (Å²) in [4.78, 5) is 9.10. The van der Waals surface area contributed by atoms with Crippen LogP contribution in [0.1, 0.15) is 0 Å². The van der Waals surface area contributed by atoms with Crippen molar-refractivity contribution in [3.63, 3.8) is 0 Å². The van der Waals surface area contributed by atoms with E-state index < -0.39 is 9.84 Å². The van der Waals surface area contributed by atoms with Crippen LogP contribution in [0.5, 0.6) is 5.75 Å². The van der Waals surface area contributed by atoms with Crippen molar-refractivity contribution in [3.05, 3.63) is 60.9 Å². The van der Waals surface area contributed by atoms with E-state index in [0.29, 0.717) is 17.3 Å². The molecule has 0 radical (unpaired) electrons. The second kappa shape index (κ2) is 6.93. The molecule has 142 valence electrons. The molecule has 2 heterocycles. The van der Waals surface area contributed by atoms with Gasteiger partial charge in [-0.25, -0.2) is 18.1 Å². The molecular formula is C19H17N5O3S. The molecule has 1 N–H and O–H groups in total. The van der Waals surface area contributed by atoms with Crippen molar-refractivity contribution >= 4 is 32.5 Å². The highest BCUT2D eigenvalue weighted by Gasteiger charge is 2.10. The van der Waals surface area contributed by atoms with Gasteiger partial charge in [-0.05, 0) is 48.5 Å².